The molecule has 0 amide bonds. The van der Waals surface area contributed by atoms with Gasteiger partial charge in [-0.15, -0.1) is 0 Å². The van der Waals surface area contributed by atoms with Crippen LogP contribution in [0.1, 0.15) is 43.7 Å². The van der Waals surface area contributed by atoms with Gasteiger partial charge in [0.1, 0.15) is 11.5 Å². The lowest BCUT2D eigenvalue weighted by Crippen LogP contribution is -2.23. The second-order valence-corrected chi connectivity index (χ2v) is 6.49. The second kappa shape index (κ2) is 8.09. The van der Waals surface area contributed by atoms with Crippen LogP contribution in [0.4, 0.5) is 5.69 Å². The number of benzene rings is 2. The van der Waals surface area contributed by atoms with Crippen LogP contribution in [0.3, 0.4) is 0 Å². The number of hydrogen-bond acceptors (Lipinski definition) is 3. The first-order valence-corrected chi connectivity index (χ1v) is 8.85. The molecular formula is C21H27NO2. The molecule has 2 aromatic rings. The average Bonchev–Trinajstić information content (AvgIpc) is 2.67. The van der Waals surface area contributed by atoms with Crippen molar-refractivity contribution >= 4 is 5.69 Å². The van der Waals surface area contributed by atoms with Gasteiger partial charge in [-0.05, 0) is 49.1 Å². The van der Waals surface area contributed by atoms with E-state index in [0.29, 0.717) is 5.92 Å². The molecule has 128 valence electrons. The molecule has 0 aliphatic heterocycles. The first-order chi connectivity index (χ1) is 11.8. The third-order valence-corrected chi connectivity index (χ3v) is 5.01. The molecule has 1 unspecified atom stereocenters. The SMILES string of the molecule is COc1ccc(NC(c2ccccc2OC)C2CCCCC2)cc1. The highest BCUT2D eigenvalue weighted by Gasteiger charge is 2.27. The van der Waals surface area contributed by atoms with Crippen LogP contribution in [0.15, 0.2) is 48.5 Å². The van der Waals surface area contributed by atoms with E-state index in [9.17, 15) is 0 Å². The maximum absolute atomic E-state index is 5.63. The third kappa shape index (κ3) is 3.84. The summed E-state index contributed by atoms with van der Waals surface area (Å²) in [6.07, 6.45) is 6.54. The number of methoxy groups -OCH3 is 2. The van der Waals surface area contributed by atoms with Crippen LogP contribution in [0.25, 0.3) is 0 Å². The highest BCUT2D eigenvalue weighted by Crippen LogP contribution is 2.40. The molecule has 1 aliphatic rings. The Morgan fingerprint density at radius 1 is 0.875 bits per heavy atom. The lowest BCUT2D eigenvalue weighted by atomic mass is 9.80. The van der Waals surface area contributed by atoms with Crippen molar-refractivity contribution in [3.05, 3.63) is 54.1 Å². The quantitative estimate of drug-likeness (QED) is 0.767. The standard InChI is InChI=1S/C21H27NO2/c1-23-18-14-12-17(13-15-18)22-21(16-8-4-3-5-9-16)19-10-6-7-11-20(19)24-2/h6-7,10-16,21-22H,3-5,8-9H2,1-2H3. The molecule has 0 heterocycles. The molecule has 3 rings (SSSR count). The number of ether oxygens (including phenoxy) is 2. The molecular weight excluding hydrogens is 298 g/mol. The van der Waals surface area contributed by atoms with Crippen LogP contribution in [-0.2, 0) is 0 Å². The molecule has 0 aromatic heterocycles. The summed E-state index contributed by atoms with van der Waals surface area (Å²) in [5.41, 5.74) is 2.37. The topological polar surface area (TPSA) is 30.5 Å². The van der Waals surface area contributed by atoms with Crippen molar-refractivity contribution in [2.45, 2.75) is 38.1 Å². The van der Waals surface area contributed by atoms with Gasteiger partial charge in [0.2, 0.25) is 0 Å². The number of rotatable bonds is 6. The number of hydrogen-bond donors (Lipinski definition) is 1. The van der Waals surface area contributed by atoms with E-state index >= 15 is 0 Å². The van der Waals surface area contributed by atoms with Gasteiger partial charge >= 0.3 is 0 Å². The van der Waals surface area contributed by atoms with Gasteiger partial charge in [0.25, 0.3) is 0 Å². The predicted octanol–water partition coefficient (Wildman–Crippen LogP) is 5.44. The maximum Gasteiger partial charge on any atom is 0.124 e. The minimum absolute atomic E-state index is 0.273. The second-order valence-electron chi connectivity index (χ2n) is 6.49. The molecule has 1 atom stereocenters. The molecule has 1 N–H and O–H groups in total. The monoisotopic (exact) mass is 325 g/mol. The fraction of sp³-hybridized carbons (Fsp3) is 0.429. The summed E-state index contributed by atoms with van der Waals surface area (Å²) in [6.45, 7) is 0. The first kappa shape index (κ1) is 16.7. The molecule has 0 spiro atoms. The van der Waals surface area contributed by atoms with Crippen molar-refractivity contribution in [1.82, 2.24) is 0 Å². The van der Waals surface area contributed by atoms with Crippen LogP contribution < -0.4 is 14.8 Å². The fourth-order valence-electron chi connectivity index (χ4n) is 3.71. The van der Waals surface area contributed by atoms with Crippen LogP contribution in [0.2, 0.25) is 0 Å². The Balaban J connectivity index is 1.88. The summed E-state index contributed by atoms with van der Waals surface area (Å²) in [7, 11) is 3.45. The van der Waals surface area contributed by atoms with Gasteiger partial charge in [-0.2, -0.15) is 0 Å². The van der Waals surface area contributed by atoms with E-state index in [0.717, 1.165) is 17.2 Å². The summed E-state index contributed by atoms with van der Waals surface area (Å²) in [6, 6.07) is 16.8. The van der Waals surface area contributed by atoms with E-state index < -0.39 is 0 Å². The number of nitrogens with one attached hydrogen (secondary N) is 1. The molecule has 0 radical (unpaired) electrons. The number of anilines is 1. The van der Waals surface area contributed by atoms with E-state index in [4.69, 9.17) is 9.47 Å². The van der Waals surface area contributed by atoms with Gasteiger partial charge in [0.15, 0.2) is 0 Å². The van der Waals surface area contributed by atoms with Crippen LogP contribution >= 0.6 is 0 Å². The summed E-state index contributed by atoms with van der Waals surface area (Å²) in [5, 5.41) is 3.76. The largest absolute Gasteiger partial charge is 0.497 e. The Morgan fingerprint density at radius 2 is 1.58 bits per heavy atom. The third-order valence-electron chi connectivity index (χ3n) is 5.01. The molecule has 2 aromatic carbocycles. The van der Waals surface area contributed by atoms with Gasteiger partial charge < -0.3 is 14.8 Å². The van der Waals surface area contributed by atoms with Gasteiger partial charge in [-0.1, -0.05) is 37.5 Å². The Hall–Kier alpha value is -2.16. The Labute approximate surface area is 145 Å². The van der Waals surface area contributed by atoms with E-state index in [1.165, 1.54) is 37.7 Å². The Bertz CT molecular complexity index is 633. The van der Waals surface area contributed by atoms with E-state index in [1.807, 2.05) is 18.2 Å². The number of para-hydroxylation sites is 1. The molecule has 3 heteroatoms. The minimum atomic E-state index is 0.273. The lowest BCUT2D eigenvalue weighted by molar-refractivity contribution is 0.313. The normalized spacial score (nSPS) is 16.4. The molecule has 1 fully saturated rings. The van der Waals surface area contributed by atoms with Crippen molar-refractivity contribution in [1.29, 1.82) is 0 Å². The van der Waals surface area contributed by atoms with Crippen molar-refractivity contribution in [2.24, 2.45) is 5.92 Å². The highest BCUT2D eigenvalue weighted by molar-refractivity contribution is 5.50. The summed E-state index contributed by atoms with van der Waals surface area (Å²) >= 11 is 0. The molecule has 0 saturated heterocycles. The zero-order chi connectivity index (χ0) is 16.8. The average molecular weight is 325 g/mol. The predicted molar refractivity (Wildman–Crippen MR) is 98.9 cm³/mol. The van der Waals surface area contributed by atoms with Crippen molar-refractivity contribution < 1.29 is 9.47 Å². The lowest BCUT2D eigenvalue weighted by Gasteiger charge is -2.33. The molecule has 1 aliphatic carbocycles. The van der Waals surface area contributed by atoms with E-state index in [2.05, 4.69) is 35.6 Å². The van der Waals surface area contributed by atoms with Crippen molar-refractivity contribution in [2.75, 3.05) is 19.5 Å². The smallest absolute Gasteiger partial charge is 0.124 e. The summed E-state index contributed by atoms with van der Waals surface area (Å²) in [4.78, 5) is 0. The van der Waals surface area contributed by atoms with Crippen LogP contribution in [-0.4, -0.2) is 14.2 Å². The maximum atomic E-state index is 5.63. The van der Waals surface area contributed by atoms with E-state index in [-0.39, 0.29) is 6.04 Å². The zero-order valence-electron chi connectivity index (χ0n) is 14.6. The molecule has 1 saturated carbocycles. The van der Waals surface area contributed by atoms with Crippen LogP contribution in [0.5, 0.6) is 11.5 Å². The highest BCUT2D eigenvalue weighted by atomic mass is 16.5. The summed E-state index contributed by atoms with van der Waals surface area (Å²) < 4.78 is 10.9. The van der Waals surface area contributed by atoms with Crippen molar-refractivity contribution in [3.8, 4) is 11.5 Å². The summed E-state index contributed by atoms with van der Waals surface area (Å²) in [5.74, 6) is 2.48. The minimum Gasteiger partial charge on any atom is -0.497 e. The van der Waals surface area contributed by atoms with Crippen molar-refractivity contribution in [3.63, 3.8) is 0 Å². The van der Waals surface area contributed by atoms with Gasteiger partial charge in [0, 0.05) is 11.3 Å². The van der Waals surface area contributed by atoms with Gasteiger partial charge in [0.05, 0.1) is 20.3 Å². The van der Waals surface area contributed by atoms with E-state index in [1.54, 1.807) is 14.2 Å². The van der Waals surface area contributed by atoms with Gasteiger partial charge in [-0.25, -0.2) is 0 Å². The first-order valence-electron chi connectivity index (χ1n) is 8.85. The fourth-order valence-corrected chi connectivity index (χ4v) is 3.71. The van der Waals surface area contributed by atoms with Crippen LogP contribution in [0, 0.1) is 5.92 Å². The molecule has 24 heavy (non-hydrogen) atoms. The zero-order valence-corrected chi connectivity index (χ0v) is 14.6. The Kier molecular flexibility index (Phi) is 5.63. The molecule has 3 nitrogen and oxygen atoms in total. The molecule has 0 bridgehead atoms. The van der Waals surface area contributed by atoms with Gasteiger partial charge in [-0.3, -0.25) is 0 Å². The Morgan fingerprint density at radius 3 is 2.25 bits per heavy atom.